The Bertz CT molecular complexity index is 1510. The van der Waals surface area contributed by atoms with E-state index < -0.39 is 0 Å². The van der Waals surface area contributed by atoms with Gasteiger partial charge in [-0.05, 0) is 80.1 Å². The number of fused-ring (bicyclic) bond motifs is 6. The Labute approximate surface area is 225 Å². The minimum absolute atomic E-state index is 0.154. The highest BCUT2D eigenvalue weighted by Gasteiger charge is 2.36. The summed E-state index contributed by atoms with van der Waals surface area (Å²) in [5.41, 5.74) is 5.50. The first-order valence-corrected chi connectivity index (χ1v) is 14.0. The number of ether oxygens (including phenoxy) is 3. The van der Waals surface area contributed by atoms with Gasteiger partial charge in [0.1, 0.15) is 10.8 Å². The number of nitrogens with zero attached hydrogens (tertiary/aromatic N) is 2. The van der Waals surface area contributed by atoms with E-state index in [4.69, 9.17) is 14.2 Å². The van der Waals surface area contributed by atoms with Crippen molar-refractivity contribution in [3.05, 3.63) is 88.1 Å². The minimum atomic E-state index is -0.270. The van der Waals surface area contributed by atoms with Gasteiger partial charge >= 0.3 is 6.03 Å². The Kier molecular flexibility index (Phi) is 5.77. The summed E-state index contributed by atoms with van der Waals surface area (Å²) in [7, 11) is 0. The molecule has 0 bridgehead atoms. The van der Waals surface area contributed by atoms with Gasteiger partial charge in [-0.3, -0.25) is 0 Å². The maximum atomic E-state index is 14.1. The van der Waals surface area contributed by atoms with Gasteiger partial charge in [-0.15, -0.1) is 11.3 Å². The van der Waals surface area contributed by atoms with E-state index in [1.165, 1.54) is 33.8 Å². The molecule has 38 heavy (non-hydrogen) atoms. The first-order valence-electron chi connectivity index (χ1n) is 13.2. The molecule has 4 aromatic rings. The molecule has 3 aliphatic rings. The molecule has 0 saturated carbocycles. The second kappa shape index (κ2) is 9.44. The number of aromatic nitrogens is 1. The fraction of sp³-hybridized carbons (Fsp3) is 0.300. The van der Waals surface area contributed by atoms with Gasteiger partial charge in [0.2, 0.25) is 6.79 Å². The Hall–Kier alpha value is -3.91. The number of thiophene rings is 1. The first-order chi connectivity index (χ1) is 18.7. The average molecular weight is 528 g/mol. The van der Waals surface area contributed by atoms with Crippen molar-refractivity contribution in [2.45, 2.75) is 45.2 Å². The van der Waals surface area contributed by atoms with Gasteiger partial charge in [-0.2, -0.15) is 0 Å². The minimum Gasteiger partial charge on any atom is -0.494 e. The van der Waals surface area contributed by atoms with Crippen molar-refractivity contribution in [1.29, 1.82) is 0 Å². The second-order valence-corrected chi connectivity index (χ2v) is 10.9. The monoisotopic (exact) mass is 527 g/mol. The number of urea groups is 1. The van der Waals surface area contributed by atoms with Crippen LogP contribution in [0.4, 0.5) is 10.5 Å². The van der Waals surface area contributed by atoms with E-state index >= 15 is 0 Å². The van der Waals surface area contributed by atoms with E-state index in [9.17, 15) is 4.79 Å². The van der Waals surface area contributed by atoms with Crippen LogP contribution in [0.15, 0.2) is 60.8 Å². The van der Waals surface area contributed by atoms with Crippen LogP contribution >= 0.6 is 11.3 Å². The Balaban J connectivity index is 1.32. The molecule has 1 aliphatic carbocycles. The lowest BCUT2D eigenvalue weighted by molar-refractivity contribution is 0.174. The van der Waals surface area contributed by atoms with Crippen LogP contribution in [-0.2, 0) is 19.4 Å². The van der Waals surface area contributed by atoms with Crippen LogP contribution in [0.3, 0.4) is 0 Å². The third-order valence-electron chi connectivity index (χ3n) is 7.57. The zero-order valence-corrected chi connectivity index (χ0v) is 22.1. The molecule has 7 nitrogen and oxygen atoms in total. The molecule has 1 atom stereocenters. The quantitative estimate of drug-likeness (QED) is 0.321. The number of carbonyl (C=O) groups excluding carboxylic acids is 1. The van der Waals surface area contributed by atoms with Crippen molar-refractivity contribution >= 4 is 23.1 Å². The molecule has 4 heterocycles. The van der Waals surface area contributed by atoms with Crippen molar-refractivity contribution < 1.29 is 19.0 Å². The molecule has 1 N–H and O–H groups in total. The number of benzene rings is 2. The highest BCUT2D eigenvalue weighted by molar-refractivity contribution is 7.15. The SMILES string of the molecule is CCOc1ccc(C2c3cccn3-c3sc4c(c3CN2C(=O)Nc2ccc3c(c2)OCO3)CCCC4)cc1. The summed E-state index contributed by atoms with van der Waals surface area (Å²) in [5.74, 6) is 2.16. The number of rotatable bonds is 4. The fourth-order valence-electron chi connectivity index (χ4n) is 5.82. The molecule has 2 amide bonds. The molecular weight excluding hydrogens is 498 g/mol. The highest BCUT2D eigenvalue weighted by atomic mass is 32.1. The van der Waals surface area contributed by atoms with Gasteiger partial charge in [-0.25, -0.2) is 4.79 Å². The molecule has 2 aromatic heterocycles. The number of hydrogen-bond acceptors (Lipinski definition) is 5. The predicted molar refractivity (Wildman–Crippen MR) is 147 cm³/mol. The molecule has 7 rings (SSSR count). The first kappa shape index (κ1) is 23.2. The summed E-state index contributed by atoms with van der Waals surface area (Å²) < 4.78 is 19.0. The lowest BCUT2D eigenvalue weighted by Crippen LogP contribution is -2.38. The largest absolute Gasteiger partial charge is 0.494 e. The average Bonchev–Trinajstić information content (AvgIpc) is 3.66. The van der Waals surface area contributed by atoms with Crippen molar-refractivity contribution in [2.24, 2.45) is 0 Å². The molecule has 0 saturated heterocycles. The van der Waals surface area contributed by atoms with Crippen LogP contribution in [0.1, 0.15) is 53.1 Å². The van der Waals surface area contributed by atoms with E-state index in [-0.39, 0.29) is 18.9 Å². The van der Waals surface area contributed by atoms with Crippen LogP contribution in [0.2, 0.25) is 0 Å². The highest BCUT2D eigenvalue weighted by Crippen LogP contribution is 2.44. The summed E-state index contributed by atoms with van der Waals surface area (Å²) in [5, 5.41) is 4.39. The zero-order chi connectivity index (χ0) is 25.6. The number of carbonyl (C=O) groups is 1. The van der Waals surface area contributed by atoms with E-state index in [1.54, 1.807) is 0 Å². The topological polar surface area (TPSA) is 65.0 Å². The lowest BCUT2D eigenvalue weighted by Gasteiger charge is -2.31. The molecule has 0 radical (unpaired) electrons. The van der Waals surface area contributed by atoms with Crippen LogP contribution < -0.4 is 19.5 Å². The molecule has 0 spiro atoms. The van der Waals surface area contributed by atoms with E-state index in [1.807, 2.05) is 53.5 Å². The molecule has 2 aromatic carbocycles. The Morgan fingerprint density at radius 2 is 1.89 bits per heavy atom. The number of nitrogens with one attached hydrogen (secondary N) is 1. The smallest absolute Gasteiger partial charge is 0.322 e. The normalized spacial score (nSPS) is 17.3. The van der Waals surface area contributed by atoms with Gasteiger partial charge in [-0.1, -0.05) is 12.1 Å². The Morgan fingerprint density at radius 3 is 2.76 bits per heavy atom. The van der Waals surface area contributed by atoms with E-state index in [2.05, 4.69) is 40.3 Å². The Morgan fingerprint density at radius 1 is 1.05 bits per heavy atom. The summed E-state index contributed by atoms with van der Waals surface area (Å²) in [4.78, 5) is 17.6. The fourth-order valence-corrected chi connectivity index (χ4v) is 7.22. The van der Waals surface area contributed by atoms with Gasteiger partial charge in [0.25, 0.3) is 0 Å². The van der Waals surface area contributed by atoms with E-state index in [0.717, 1.165) is 29.8 Å². The van der Waals surface area contributed by atoms with Crippen LogP contribution in [0.5, 0.6) is 17.2 Å². The van der Waals surface area contributed by atoms with Crippen LogP contribution in [0.25, 0.3) is 5.00 Å². The summed E-state index contributed by atoms with van der Waals surface area (Å²) in [6.07, 6.45) is 6.75. The summed E-state index contributed by atoms with van der Waals surface area (Å²) in [6, 6.07) is 17.4. The number of amides is 2. The lowest BCUT2D eigenvalue weighted by atomic mass is 9.95. The number of hydrogen-bond donors (Lipinski definition) is 1. The van der Waals surface area contributed by atoms with Gasteiger partial charge < -0.3 is 29.0 Å². The third kappa shape index (κ3) is 3.91. The molecule has 0 fully saturated rings. The zero-order valence-electron chi connectivity index (χ0n) is 21.2. The predicted octanol–water partition coefficient (Wildman–Crippen LogP) is 6.68. The molecule has 1 unspecified atom stereocenters. The third-order valence-corrected chi connectivity index (χ3v) is 8.90. The second-order valence-electron chi connectivity index (χ2n) is 9.83. The van der Waals surface area contributed by atoms with Gasteiger partial charge in [0, 0.05) is 28.4 Å². The number of aryl methyl sites for hydroxylation is 1. The van der Waals surface area contributed by atoms with Crippen LogP contribution in [0, 0.1) is 0 Å². The standard InChI is InChI=1S/C30H29N3O4S/c1-2-35-21-12-9-19(10-13-21)28-24-7-5-15-32(24)29-23(22-6-3-4-8-27(22)38-29)17-33(28)30(34)31-20-11-14-25-26(16-20)37-18-36-25/h5,7,9-16,28H,2-4,6,8,17-18H2,1H3,(H,31,34). The summed E-state index contributed by atoms with van der Waals surface area (Å²) >= 11 is 1.89. The van der Waals surface area contributed by atoms with Gasteiger partial charge in [0.05, 0.1) is 24.9 Å². The van der Waals surface area contributed by atoms with Crippen molar-refractivity contribution in [1.82, 2.24) is 9.47 Å². The van der Waals surface area contributed by atoms with Gasteiger partial charge in [0.15, 0.2) is 11.5 Å². The molecule has 2 aliphatic heterocycles. The number of anilines is 1. The van der Waals surface area contributed by atoms with Crippen molar-refractivity contribution in [3.8, 4) is 22.2 Å². The maximum Gasteiger partial charge on any atom is 0.322 e. The summed E-state index contributed by atoms with van der Waals surface area (Å²) in [6.45, 7) is 3.33. The maximum absolute atomic E-state index is 14.1. The van der Waals surface area contributed by atoms with E-state index in [0.29, 0.717) is 30.3 Å². The molecule has 8 heteroatoms. The van der Waals surface area contributed by atoms with Crippen molar-refractivity contribution in [3.63, 3.8) is 0 Å². The van der Waals surface area contributed by atoms with Crippen molar-refractivity contribution in [2.75, 3.05) is 18.7 Å². The molecular formula is C30H29N3O4S. The molecule has 194 valence electrons. The van der Waals surface area contributed by atoms with Crippen LogP contribution in [-0.4, -0.2) is 28.9 Å².